The number of carbonyl (C=O) groups excluding carboxylic acids is 1. The van der Waals surface area contributed by atoms with Gasteiger partial charge in [-0.25, -0.2) is 4.98 Å². The standard InChI is InChI=1S/C13H18N2O3S/c1-9(3-6-13(17)18)7-14-12(16)5-4-11-8-19-10(2)15-11/h4-5,8-9H,3,6-7H2,1-2H3,(H,14,16)(H,17,18)/b5-4+. The molecule has 104 valence electrons. The van der Waals surface area contributed by atoms with Crippen molar-refractivity contribution in [2.24, 2.45) is 5.92 Å². The van der Waals surface area contributed by atoms with Gasteiger partial charge in [0.1, 0.15) is 0 Å². The zero-order valence-electron chi connectivity index (χ0n) is 11.0. The summed E-state index contributed by atoms with van der Waals surface area (Å²) in [6.07, 6.45) is 3.80. The Labute approximate surface area is 116 Å². The van der Waals surface area contributed by atoms with Gasteiger partial charge in [0.15, 0.2) is 0 Å². The maximum atomic E-state index is 11.5. The fourth-order valence-corrected chi connectivity index (χ4v) is 2.00. The first-order valence-corrected chi connectivity index (χ1v) is 6.95. The second kappa shape index (κ2) is 7.68. The molecule has 1 atom stereocenters. The first kappa shape index (κ1) is 15.4. The number of aryl methyl sites for hydroxylation is 1. The highest BCUT2D eigenvalue weighted by Crippen LogP contribution is 2.09. The van der Waals surface area contributed by atoms with Gasteiger partial charge in [-0.15, -0.1) is 11.3 Å². The number of aromatic nitrogens is 1. The van der Waals surface area contributed by atoms with Crippen LogP contribution in [-0.4, -0.2) is 28.5 Å². The van der Waals surface area contributed by atoms with Gasteiger partial charge in [-0.1, -0.05) is 6.92 Å². The summed E-state index contributed by atoms with van der Waals surface area (Å²) in [5, 5.41) is 14.1. The van der Waals surface area contributed by atoms with Crippen LogP contribution in [0.15, 0.2) is 11.5 Å². The third kappa shape index (κ3) is 6.71. The quantitative estimate of drug-likeness (QED) is 0.750. The van der Waals surface area contributed by atoms with Crippen LogP contribution in [0.1, 0.15) is 30.5 Å². The molecule has 5 nitrogen and oxygen atoms in total. The minimum atomic E-state index is -0.808. The number of carboxylic acid groups (broad SMARTS) is 1. The van der Waals surface area contributed by atoms with Crippen LogP contribution in [0.5, 0.6) is 0 Å². The normalized spacial score (nSPS) is 12.5. The van der Waals surface area contributed by atoms with Crippen molar-refractivity contribution < 1.29 is 14.7 Å². The Balaban J connectivity index is 2.27. The molecule has 0 saturated carbocycles. The fraction of sp³-hybridized carbons (Fsp3) is 0.462. The van der Waals surface area contributed by atoms with Crippen molar-refractivity contribution in [1.82, 2.24) is 10.3 Å². The van der Waals surface area contributed by atoms with Gasteiger partial charge in [0.2, 0.25) is 5.91 Å². The van der Waals surface area contributed by atoms with Gasteiger partial charge >= 0.3 is 5.97 Å². The van der Waals surface area contributed by atoms with Gasteiger partial charge in [-0.05, 0) is 25.3 Å². The van der Waals surface area contributed by atoms with E-state index >= 15 is 0 Å². The second-order valence-electron chi connectivity index (χ2n) is 4.41. The molecule has 2 N–H and O–H groups in total. The monoisotopic (exact) mass is 282 g/mol. The number of rotatable bonds is 7. The molecular weight excluding hydrogens is 264 g/mol. The maximum Gasteiger partial charge on any atom is 0.303 e. The molecule has 0 aliphatic rings. The number of carboxylic acids is 1. The van der Waals surface area contributed by atoms with Crippen LogP contribution in [0.4, 0.5) is 0 Å². The van der Waals surface area contributed by atoms with Crippen molar-refractivity contribution in [3.05, 3.63) is 22.2 Å². The van der Waals surface area contributed by atoms with Gasteiger partial charge in [0.25, 0.3) is 0 Å². The summed E-state index contributed by atoms with van der Waals surface area (Å²) in [6.45, 7) is 4.30. The number of nitrogens with zero attached hydrogens (tertiary/aromatic N) is 1. The molecule has 6 heteroatoms. The topological polar surface area (TPSA) is 79.3 Å². The van der Waals surface area contributed by atoms with Crippen LogP contribution in [0.2, 0.25) is 0 Å². The molecule has 19 heavy (non-hydrogen) atoms. The number of hydrogen-bond donors (Lipinski definition) is 2. The third-order valence-corrected chi connectivity index (χ3v) is 3.31. The summed E-state index contributed by atoms with van der Waals surface area (Å²) in [5.41, 5.74) is 0.775. The van der Waals surface area contributed by atoms with Crippen LogP contribution >= 0.6 is 11.3 Å². The molecule has 0 radical (unpaired) electrons. The van der Waals surface area contributed by atoms with E-state index in [1.54, 1.807) is 6.08 Å². The Morgan fingerprint density at radius 1 is 1.58 bits per heavy atom. The van der Waals surface area contributed by atoms with Crippen LogP contribution in [-0.2, 0) is 9.59 Å². The summed E-state index contributed by atoms with van der Waals surface area (Å²) in [4.78, 5) is 26.1. The van der Waals surface area contributed by atoms with Gasteiger partial charge < -0.3 is 10.4 Å². The molecule has 1 aromatic rings. The molecule has 1 rings (SSSR count). The van der Waals surface area contributed by atoms with Gasteiger partial charge in [0, 0.05) is 24.4 Å². The van der Waals surface area contributed by atoms with E-state index in [4.69, 9.17) is 5.11 Å². The maximum absolute atomic E-state index is 11.5. The van der Waals surface area contributed by atoms with Crippen molar-refractivity contribution in [2.75, 3.05) is 6.54 Å². The van der Waals surface area contributed by atoms with Gasteiger partial charge in [-0.3, -0.25) is 9.59 Å². The highest BCUT2D eigenvalue weighted by molar-refractivity contribution is 7.09. The van der Waals surface area contributed by atoms with Crippen molar-refractivity contribution in [1.29, 1.82) is 0 Å². The number of aliphatic carboxylic acids is 1. The second-order valence-corrected chi connectivity index (χ2v) is 5.47. The zero-order valence-corrected chi connectivity index (χ0v) is 11.9. The third-order valence-electron chi connectivity index (χ3n) is 2.52. The summed E-state index contributed by atoms with van der Waals surface area (Å²) >= 11 is 1.53. The van der Waals surface area contributed by atoms with Crippen molar-refractivity contribution >= 4 is 29.3 Å². The molecule has 0 aromatic carbocycles. The van der Waals surface area contributed by atoms with Crippen molar-refractivity contribution in [2.45, 2.75) is 26.7 Å². The Morgan fingerprint density at radius 3 is 2.89 bits per heavy atom. The number of carbonyl (C=O) groups is 2. The van der Waals surface area contributed by atoms with E-state index in [-0.39, 0.29) is 18.2 Å². The smallest absolute Gasteiger partial charge is 0.303 e. The number of thiazole rings is 1. The molecule has 1 unspecified atom stereocenters. The minimum absolute atomic E-state index is 0.130. The molecule has 1 amide bonds. The van der Waals surface area contributed by atoms with E-state index in [0.29, 0.717) is 13.0 Å². The molecular formula is C13H18N2O3S. The van der Waals surface area contributed by atoms with Crippen LogP contribution in [0, 0.1) is 12.8 Å². The average Bonchev–Trinajstić information content (AvgIpc) is 2.77. The van der Waals surface area contributed by atoms with E-state index in [9.17, 15) is 9.59 Å². The van der Waals surface area contributed by atoms with Crippen LogP contribution in [0.25, 0.3) is 6.08 Å². The Morgan fingerprint density at radius 2 is 2.32 bits per heavy atom. The first-order valence-electron chi connectivity index (χ1n) is 6.07. The Kier molecular flexibility index (Phi) is 6.21. The minimum Gasteiger partial charge on any atom is -0.481 e. The summed E-state index contributed by atoms with van der Waals surface area (Å²) in [6, 6.07) is 0. The number of nitrogens with one attached hydrogen (secondary N) is 1. The lowest BCUT2D eigenvalue weighted by molar-refractivity contribution is -0.137. The predicted octanol–water partition coefficient (Wildman–Crippen LogP) is 2.08. The zero-order chi connectivity index (χ0) is 14.3. The average molecular weight is 282 g/mol. The Bertz CT molecular complexity index is 468. The SMILES string of the molecule is Cc1nc(/C=C/C(=O)NCC(C)CCC(=O)O)cs1. The van der Waals surface area contributed by atoms with E-state index in [1.165, 1.54) is 17.4 Å². The molecule has 0 fully saturated rings. The molecule has 0 spiro atoms. The lowest BCUT2D eigenvalue weighted by Gasteiger charge is -2.09. The Hall–Kier alpha value is -1.69. The molecule has 0 bridgehead atoms. The summed E-state index contributed by atoms with van der Waals surface area (Å²) in [5.74, 6) is -0.847. The molecule has 1 heterocycles. The van der Waals surface area contributed by atoms with E-state index in [0.717, 1.165) is 10.7 Å². The molecule has 1 aromatic heterocycles. The summed E-state index contributed by atoms with van der Waals surface area (Å²) < 4.78 is 0. The predicted molar refractivity (Wildman–Crippen MR) is 74.9 cm³/mol. The lowest BCUT2D eigenvalue weighted by atomic mass is 10.1. The van der Waals surface area contributed by atoms with Gasteiger partial charge in [0.05, 0.1) is 10.7 Å². The van der Waals surface area contributed by atoms with Gasteiger partial charge in [-0.2, -0.15) is 0 Å². The van der Waals surface area contributed by atoms with Crippen LogP contribution < -0.4 is 5.32 Å². The molecule has 0 aliphatic heterocycles. The largest absolute Gasteiger partial charge is 0.481 e. The highest BCUT2D eigenvalue weighted by Gasteiger charge is 2.06. The van der Waals surface area contributed by atoms with E-state index in [2.05, 4.69) is 10.3 Å². The lowest BCUT2D eigenvalue weighted by Crippen LogP contribution is -2.26. The molecule has 0 saturated heterocycles. The van der Waals surface area contributed by atoms with Crippen molar-refractivity contribution in [3.8, 4) is 0 Å². The fourth-order valence-electron chi connectivity index (χ4n) is 1.42. The van der Waals surface area contributed by atoms with E-state index < -0.39 is 5.97 Å². The molecule has 0 aliphatic carbocycles. The number of amides is 1. The van der Waals surface area contributed by atoms with E-state index in [1.807, 2.05) is 19.2 Å². The van der Waals surface area contributed by atoms with Crippen LogP contribution in [0.3, 0.4) is 0 Å². The summed E-state index contributed by atoms with van der Waals surface area (Å²) in [7, 11) is 0. The number of hydrogen-bond acceptors (Lipinski definition) is 4. The first-order chi connectivity index (χ1) is 8.97. The highest BCUT2D eigenvalue weighted by atomic mass is 32.1. The van der Waals surface area contributed by atoms with Crippen molar-refractivity contribution in [3.63, 3.8) is 0 Å².